The number of rotatable bonds is 6. The zero-order valence-corrected chi connectivity index (χ0v) is 13.2. The first-order chi connectivity index (χ1) is 8.81. The van der Waals surface area contributed by atoms with Crippen molar-refractivity contribution in [1.29, 1.82) is 0 Å². The largest absolute Gasteiger partial charge is 0.496 e. The van der Waals surface area contributed by atoms with E-state index in [1.807, 2.05) is 0 Å². The molecule has 1 rings (SSSR count). The number of nitrogens with zero attached hydrogens (tertiary/aromatic N) is 1. The maximum Gasteiger partial charge on any atom is 0.122 e. The SMILES string of the molecule is COc1cc(C)cc(C)c1CCN(C)C(C)(C)CN. The van der Waals surface area contributed by atoms with Crippen LogP contribution in [0.15, 0.2) is 12.1 Å². The van der Waals surface area contributed by atoms with Gasteiger partial charge in [-0.3, -0.25) is 4.90 Å². The number of hydrogen-bond acceptors (Lipinski definition) is 3. The summed E-state index contributed by atoms with van der Waals surface area (Å²) in [6.07, 6.45) is 0.981. The highest BCUT2D eigenvalue weighted by molar-refractivity contribution is 5.43. The fourth-order valence-electron chi connectivity index (χ4n) is 2.20. The van der Waals surface area contributed by atoms with Crippen LogP contribution in [0.4, 0.5) is 0 Å². The van der Waals surface area contributed by atoms with Crippen molar-refractivity contribution >= 4 is 0 Å². The average Bonchev–Trinajstić information content (AvgIpc) is 2.36. The summed E-state index contributed by atoms with van der Waals surface area (Å²) in [4.78, 5) is 2.31. The number of aryl methyl sites for hydroxylation is 2. The maximum atomic E-state index is 5.82. The number of nitrogens with two attached hydrogens (primary N) is 1. The summed E-state index contributed by atoms with van der Waals surface area (Å²) in [7, 11) is 3.87. The Morgan fingerprint density at radius 1 is 1.26 bits per heavy atom. The summed E-state index contributed by atoms with van der Waals surface area (Å²) in [6.45, 7) is 10.2. The van der Waals surface area contributed by atoms with Gasteiger partial charge in [-0.15, -0.1) is 0 Å². The lowest BCUT2D eigenvalue weighted by atomic mass is 9.99. The van der Waals surface area contributed by atoms with Crippen molar-refractivity contribution in [3.63, 3.8) is 0 Å². The van der Waals surface area contributed by atoms with Gasteiger partial charge in [-0.1, -0.05) is 6.07 Å². The van der Waals surface area contributed by atoms with Gasteiger partial charge >= 0.3 is 0 Å². The maximum absolute atomic E-state index is 5.82. The summed E-state index contributed by atoms with van der Waals surface area (Å²) in [5, 5.41) is 0. The minimum absolute atomic E-state index is 0.0336. The van der Waals surface area contributed by atoms with E-state index in [-0.39, 0.29) is 5.54 Å². The van der Waals surface area contributed by atoms with Gasteiger partial charge in [0.25, 0.3) is 0 Å². The van der Waals surface area contributed by atoms with Crippen LogP contribution < -0.4 is 10.5 Å². The summed E-state index contributed by atoms with van der Waals surface area (Å²) in [5.41, 5.74) is 9.69. The molecule has 0 aliphatic rings. The predicted octanol–water partition coefficient (Wildman–Crippen LogP) is 2.52. The second-order valence-corrected chi connectivity index (χ2v) is 5.95. The highest BCUT2D eigenvalue weighted by Crippen LogP contribution is 2.25. The molecule has 0 aliphatic carbocycles. The van der Waals surface area contributed by atoms with Crippen LogP contribution in [0.3, 0.4) is 0 Å². The lowest BCUT2D eigenvalue weighted by Crippen LogP contribution is -2.47. The van der Waals surface area contributed by atoms with E-state index < -0.39 is 0 Å². The van der Waals surface area contributed by atoms with Gasteiger partial charge in [0.2, 0.25) is 0 Å². The van der Waals surface area contributed by atoms with Gasteiger partial charge in [0.1, 0.15) is 5.75 Å². The highest BCUT2D eigenvalue weighted by atomic mass is 16.5. The number of likely N-dealkylation sites (N-methyl/N-ethyl adjacent to an activating group) is 1. The zero-order chi connectivity index (χ0) is 14.6. The third kappa shape index (κ3) is 3.95. The number of methoxy groups -OCH3 is 1. The van der Waals surface area contributed by atoms with Gasteiger partial charge < -0.3 is 10.5 Å². The van der Waals surface area contributed by atoms with Crippen LogP contribution in [0, 0.1) is 13.8 Å². The Hall–Kier alpha value is -1.06. The summed E-state index contributed by atoms with van der Waals surface area (Å²) >= 11 is 0. The Bertz CT molecular complexity index is 427. The van der Waals surface area contributed by atoms with Crippen molar-refractivity contribution in [2.45, 2.75) is 39.7 Å². The Morgan fingerprint density at radius 3 is 2.42 bits per heavy atom. The van der Waals surface area contributed by atoms with Crippen LogP contribution in [-0.4, -0.2) is 37.7 Å². The first kappa shape index (κ1) is 16.0. The minimum Gasteiger partial charge on any atom is -0.496 e. The molecular weight excluding hydrogens is 236 g/mol. The molecule has 3 heteroatoms. The van der Waals surface area contributed by atoms with Crippen LogP contribution in [0.5, 0.6) is 5.75 Å². The molecule has 0 aliphatic heterocycles. The molecule has 0 fully saturated rings. The molecule has 0 aromatic heterocycles. The third-order valence-corrected chi connectivity index (χ3v) is 4.03. The molecule has 0 spiro atoms. The number of benzene rings is 1. The first-order valence-electron chi connectivity index (χ1n) is 6.87. The van der Waals surface area contributed by atoms with Crippen molar-refractivity contribution in [3.8, 4) is 5.75 Å². The van der Waals surface area contributed by atoms with Gasteiger partial charge in [0.15, 0.2) is 0 Å². The standard InChI is InChI=1S/C16H28N2O/c1-12-9-13(2)14(15(10-12)19-6)7-8-18(5)16(3,4)11-17/h9-10H,7-8,11,17H2,1-6H3. The molecule has 0 bridgehead atoms. The topological polar surface area (TPSA) is 38.5 Å². The van der Waals surface area contributed by atoms with E-state index >= 15 is 0 Å². The van der Waals surface area contributed by atoms with Gasteiger partial charge in [0, 0.05) is 18.6 Å². The fraction of sp³-hybridized carbons (Fsp3) is 0.625. The summed E-state index contributed by atoms with van der Waals surface area (Å²) in [6, 6.07) is 4.32. The van der Waals surface area contributed by atoms with E-state index in [0.717, 1.165) is 18.7 Å². The Kier molecular flexibility index (Phi) is 5.39. The minimum atomic E-state index is 0.0336. The smallest absolute Gasteiger partial charge is 0.122 e. The van der Waals surface area contributed by atoms with E-state index in [4.69, 9.17) is 10.5 Å². The molecule has 0 radical (unpaired) electrons. The average molecular weight is 264 g/mol. The van der Waals surface area contributed by atoms with Gasteiger partial charge in [-0.05, 0) is 63.9 Å². The summed E-state index contributed by atoms with van der Waals surface area (Å²) < 4.78 is 5.51. The molecule has 3 nitrogen and oxygen atoms in total. The van der Waals surface area contributed by atoms with Crippen molar-refractivity contribution in [3.05, 3.63) is 28.8 Å². The summed E-state index contributed by atoms with van der Waals surface area (Å²) in [5.74, 6) is 0.997. The third-order valence-electron chi connectivity index (χ3n) is 4.03. The van der Waals surface area contributed by atoms with E-state index in [1.165, 1.54) is 16.7 Å². The molecule has 0 atom stereocenters. The Morgan fingerprint density at radius 2 is 1.89 bits per heavy atom. The normalized spacial score (nSPS) is 12.0. The number of ether oxygens (including phenoxy) is 1. The monoisotopic (exact) mass is 264 g/mol. The van der Waals surface area contributed by atoms with Crippen LogP contribution >= 0.6 is 0 Å². The molecular formula is C16H28N2O. The van der Waals surface area contributed by atoms with Gasteiger partial charge in [0.05, 0.1) is 7.11 Å². The van der Waals surface area contributed by atoms with Crippen LogP contribution in [-0.2, 0) is 6.42 Å². The highest BCUT2D eigenvalue weighted by Gasteiger charge is 2.21. The second-order valence-electron chi connectivity index (χ2n) is 5.95. The van der Waals surface area contributed by atoms with E-state index in [2.05, 4.69) is 51.8 Å². The van der Waals surface area contributed by atoms with E-state index in [1.54, 1.807) is 7.11 Å². The molecule has 0 saturated heterocycles. The van der Waals surface area contributed by atoms with Crippen molar-refractivity contribution in [2.75, 3.05) is 27.2 Å². The van der Waals surface area contributed by atoms with Crippen LogP contribution in [0.1, 0.15) is 30.5 Å². The molecule has 19 heavy (non-hydrogen) atoms. The molecule has 0 amide bonds. The van der Waals surface area contributed by atoms with Crippen molar-refractivity contribution in [2.24, 2.45) is 5.73 Å². The second kappa shape index (κ2) is 6.40. The zero-order valence-electron chi connectivity index (χ0n) is 13.2. The predicted molar refractivity (Wildman–Crippen MR) is 81.9 cm³/mol. The van der Waals surface area contributed by atoms with Crippen molar-refractivity contribution in [1.82, 2.24) is 4.90 Å². The Labute approximate surface area is 117 Å². The van der Waals surface area contributed by atoms with Crippen LogP contribution in [0.25, 0.3) is 0 Å². The lowest BCUT2D eigenvalue weighted by Gasteiger charge is -2.34. The molecule has 1 aromatic rings. The number of hydrogen-bond donors (Lipinski definition) is 1. The quantitative estimate of drug-likeness (QED) is 0.858. The van der Waals surface area contributed by atoms with Crippen LogP contribution in [0.2, 0.25) is 0 Å². The van der Waals surface area contributed by atoms with E-state index in [9.17, 15) is 0 Å². The van der Waals surface area contributed by atoms with E-state index in [0.29, 0.717) is 6.54 Å². The molecule has 0 unspecified atom stereocenters. The van der Waals surface area contributed by atoms with Gasteiger partial charge in [-0.2, -0.15) is 0 Å². The molecule has 0 saturated carbocycles. The fourth-order valence-corrected chi connectivity index (χ4v) is 2.20. The molecule has 108 valence electrons. The van der Waals surface area contributed by atoms with Crippen molar-refractivity contribution < 1.29 is 4.74 Å². The first-order valence-corrected chi connectivity index (χ1v) is 6.87. The Balaban J connectivity index is 2.83. The lowest BCUT2D eigenvalue weighted by molar-refractivity contribution is 0.165. The molecule has 1 aromatic carbocycles. The van der Waals surface area contributed by atoms with Gasteiger partial charge in [-0.25, -0.2) is 0 Å². The molecule has 2 N–H and O–H groups in total. The molecule has 0 heterocycles.